The fraction of sp³-hybridized carbons (Fsp3) is 0.500. The van der Waals surface area contributed by atoms with Crippen LogP contribution < -0.4 is 0 Å². The summed E-state index contributed by atoms with van der Waals surface area (Å²) in [6.07, 6.45) is 0. The highest BCUT2D eigenvalue weighted by molar-refractivity contribution is 8.00. The van der Waals surface area contributed by atoms with Crippen LogP contribution in [-0.4, -0.2) is 59.6 Å². The van der Waals surface area contributed by atoms with Gasteiger partial charge in [-0.1, -0.05) is 37.8 Å². The Bertz CT molecular complexity index is 1000. The highest BCUT2D eigenvalue weighted by atomic mass is 35.5. The largest absolute Gasteiger partial charge is 0.456 e. The first-order valence-electron chi connectivity index (χ1n) is 10.5. The van der Waals surface area contributed by atoms with Gasteiger partial charge in [-0.25, -0.2) is 4.79 Å². The predicted molar refractivity (Wildman–Crippen MR) is 129 cm³/mol. The van der Waals surface area contributed by atoms with E-state index in [4.69, 9.17) is 16.3 Å². The van der Waals surface area contributed by atoms with Gasteiger partial charge in [0.25, 0.3) is 5.69 Å². The number of halogens is 1. The van der Waals surface area contributed by atoms with Gasteiger partial charge in [0.1, 0.15) is 40.2 Å². The quantitative estimate of drug-likeness (QED) is 0.193. The average molecular weight is 512 g/mol. The zero-order chi connectivity index (χ0) is 23.4. The van der Waals surface area contributed by atoms with Gasteiger partial charge in [-0.15, -0.1) is 11.8 Å². The van der Waals surface area contributed by atoms with Crippen molar-refractivity contribution >= 4 is 57.4 Å². The number of thioether (sulfide) groups is 1. The molecule has 0 bridgehead atoms. The minimum Gasteiger partial charge on any atom is -0.456 e. The third kappa shape index (κ3) is 3.94. The number of non-ortho nitro benzene ring substituents is 1. The van der Waals surface area contributed by atoms with Gasteiger partial charge in [0.2, 0.25) is 5.91 Å². The minimum absolute atomic E-state index is 0.0324. The van der Waals surface area contributed by atoms with Crippen LogP contribution in [0.1, 0.15) is 5.56 Å². The monoisotopic (exact) mass is 511 g/mol. The van der Waals surface area contributed by atoms with Crippen molar-refractivity contribution < 1.29 is 19.2 Å². The molecule has 2 atom stereocenters. The molecule has 2 fully saturated rings. The number of hydrogen-bond donors (Lipinski definition) is 0. The summed E-state index contributed by atoms with van der Waals surface area (Å²) in [5.41, 5.74) is 0.722. The Balaban J connectivity index is 1.49. The standard InChI is InChI=1S/C20H26ClN3O5SSi2/c1-31(2)9-10-32(3,4)24(31)17-18(25)22-16(15(21)12-30-19(17)22)20(26)29-11-13-5-7-14(8-6-13)23(27)28/h5-8,17,19H,9-12H2,1-4H3/t17?,19-/m1/s1. The van der Waals surface area contributed by atoms with Crippen LogP contribution in [0.3, 0.4) is 0 Å². The highest BCUT2D eigenvalue weighted by Gasteiger charge is 2.62. The van der Waals surface area contributed by atoms with Crippen LogP contribution in [-0.2, 0) is 20.9 Å². The molecule has 0 aliphatic carbocycles. The number of carbonyl (C=O) groups is 2. The lowest BCUT2D eigenvalue weighted by Crippen LogP contribution is -2.76. The smallest absolute Gasteiger partial charge is 0.356 e. The SMILES string of the molecule is C[Si]1(C)CC[Si](C)(C)N1C1C(=O)N2C(C(=O)OCc3ccc([N+](=O)[O-])cc3)=C(Cl)CS[C@H]12. The number of esters is 1. The zero-order valence-corrected chi connectivity index (χ0v) is 22.0. The van der Waals surface area contributed by atoms with Crippen LogP contribution in [0.25, 0.3) is 0 Å². The van der Waals surface area contributed by atoms with E-state index in [1.807, 2.05) is 0 Å². The molecule has 3 heterocycles. The number of fused-ring (bicyclic) bond motifs is 1. The molecule has 8 nitrogen and oxygen atoms in total. The number of nitrogens with zero attached hydrogens (tertiary/aromatic N) is 3. The first-order chi connectivity index (χ1) is 14.9. The molecular weight excluding hydrogens is 486 g/mol. The second-order valence-corrected chi connectivity index (χ2v) is 20.8. The van der Waals surface area contributed by atoms with E-state index in [-0.39, 0.29) is 35.3 Å². The van der Waals surface area contributed by atoms with Gasteiger partial charge in [0.15, 0.2) is 0 Å². The topological polar surface area (TPSA) is 93.0 Å². The lowest BCUT2D eigenvalue weighted by molar-refractivity contribution is -0.384. The third-order valence-electron chi connectivity index (χ3n) is 6.54. The summed E-state index contributed by atoms with van der Waals surface area (Å²) < 4.78 is 8.01. The Labute approximate surface area is 198 Å². The lowest BCUT2D eigenvalue weighted by Gasteiger charge is -2.57. The molecule has 1 unspecified atom stereocenters. The maximum Gasteiger partial charge on any atom is 0.356 e. The number of rotatable bonds is 5. The molecule has 0 spiro atoms. The molecular formula is C20H26ClN3O5SSi2. The fourth-order valence-electron chi connectivity index (χ4n) is 5.01. The van der Waals surface area contributed by atoms with Gasteiger partial charge in [0.05, 0.1) is 9.96 Å². The number of nitro groups is 1. The number of amides is 1. The summed E-state index contributed by atoms with van der Waals surface area (Å²) in [6.45, 7) is 9.28. The predicted octanol–water partition coefficient (Wildman–Crippen LogP) is 4.10. The van der Waals surface area contributed by atoms with Crippen molar-refractivity contribution in [3.8, 4) is 0 Å². The summed E-state index contributed by atoms with van der Waals surface area (Å²) in [6, 6.07) is 8.02. The van der Waals surface area contributed by atoms with Gasteiger partial charge >= 0.3 is 5.97 Å². The number of nitro benzene ring substituents is 1. The molecule has 0 radical (unpaired) electrons. The Kier molecular flexibility index (Phi) is 6.08. The molecule has 1 aromatic carbocycles. The second kappa shape index (κ2) is 8.28. The number of benzene rings is 1. The van der Waals surface area contributed by atoms with E-state index >= 15 is 0 Å². The second-order valence-electron chi connectivity index (χ2n) is 9.60. The maximum absolute atomic E-state index is 13.3. The van der Waals surface area contributed by atoms with Crippen molar-refractivity contribution in [2.45, 2.75) is 56.3 Å². The maximum atomic E-state index is 13.3. The first kappa shape index (κ1) is 23.5. The molecule has 0 N–H and O–H groups in total. The van der Waals surface area contributed by atoms with Crippen molar-refractivity contribution in [1.29, 1.82) is 0 Å². The summed E-state index contributed by atoms with van der Waals surface area (Å²) in [4.78, 5) is 38.1. The summed E-state index contributed by atoms with van der Waals surface area (Å²) in [7, 11) is -3.35. The van der Waals surface area contributed by atoms with Crippen LogP contribution in [0.5, 0.6) is 0 Å². The zero-order valence-electron chi connectivity index (χ0n) is 18.5. The molecule has 3 aliphatic heterocycles. The number of ether oxygens (including phenoxy) is 1. The van der Waals surface area contributed by atoms with Crippen molar-refractivity contribution in [3.05, 3.63) is 50.7 Å². The number of β-lactam (4-membered cyclic amide) rings is 1. The fourth-order valence-corrected chi connectivity index (χ4v) is 21.4. The van der Waals surface area contributed by atoms with Gasteiger partial charge < -0.3 is 8.97 Å². The third-order valence-corrected chi connectivity index (χ3v) is 18.5. The molecule has 1 amide bonds. The van der Waals surface area contributed by atoms with Crippen LogP contribution in [0.2, 0.25) is 38.3 Å². The van der Waals surface area contributed by atoms with Gasteiger partial charge in [-0.3, -0.25) is 19.8 Å². The molecule has 4 rings (SSSR count). The van der Waals surface area contributed by atoms with Gasteiger partial charge in [0, 0.05) is 17.9 Å². The Morgan fingerprint density at radius 1 is 1.22 bits per heavy atom. The number of carbonyl (C=O) groups excluding carboxylic acids is 2. The van der Waals surface area contributed by atoms with Crippen molar-refractivity contribution in [3.63, 3.8) is 0 Å². The van der Waals surface area contributed by atoms with Crippen molar-refractivity contribution in [1.82, 2.24) is 9.13 Å². The Hall–Kier alpha value is -1.67. The summed E-state index contributed by atoms with van der Waals surface area (Å²) >= 11 is 7.99. The molecule has 12 heteroatoms. The van der Waals surface area contributed by atoms with Crippen LogP contribution in [0.15, 0.2) is 35.0 Å². The van der Waals surface area contributed by atoms with E-state index in [0.29, 0.717) is 16.3 Å². The minimum atomic E-state index is -1.67. The van der Waals surface area contributed by atoms with E-state index in [1.54, 1.807) is 23.9 Å². The van der Waals surface area contributed by atoms with Crippen molar-refractivity contribution in [2.24, 2.45) is 0 Å². The molecule has 3 aliphatic rings. The molecule has 32 heavy (non-hydrogen) atoms. The van der Waals surface area contributed by atoms with E-state index in [9.17, 15) is 19.7 Å². The van der Waals surface area contributed by atoms with E-state index in [1.165, 1.54) is 29.1 Å². The molecule has 0 saturated carbocycles. The van der Waals surface area contributed by atoms with Gasteiger partial charge in [-0.05, 0) is 29.8 Å². The summed E-state index contributed by atoms with van der Waals surface area (Å²) in [5.74, 6) is -0.239. The van der Waals surface area contributed by atoms with E-state index in [2.05, 4.69) is 30.4 Å². The normalized spacial score (nSPS) is 26.5. The van der Waals surface area contributed by atoms with Crippen LogP contribution in [0.4, 0.5) is 5.69 Å². The average Bonchev–Trinajstić information content (AvgIpc) is 2.95. The summed E-state index contributed by atoms with van der Waals surface area (Å²) in [5, 5.41) is 11.0. The Morgan fingerprint density at radius 2 is 1.81 bits per heavy atom. The highest BCUT2D eigenvalue weighted by Crippen LogP contribution is 2.49. The number of hydrogen-bond acceptors (Lipinski definition) is 7. The molecule has 0 aromatic heterocycles. The van der Waals surface area contributed by atoms with Gasteiger partial charge in [-0.2, -0.15) is 0 Å². The first-order valence-corrected chi connectivity index (χ1v) is 18.2. The molecule has 1 aromatic rings. The molecule has 2 saturated heterocycles. The van der Waals surface area contributed by atoms with E-state index < -0.39 is 27.4 Å². The van der Waals surface area contributed by atoms with Crippen LogP contribution in [0, 0.1) is 10.1 Å². The van der Waals surface area contributed by atoms with E-state index in [0.717, 1.165) is 0 Å². The lowest BCUT2D eigenvalue weighted by atomic mass is 10.1. The Morgan fingerprint density at radius 3 is 2.38 bits per heavy atom. The van der Waals surface area contributed by atoms with Crippen molar-refractivity contribution in [2.75, 3.05) is 5.75 Å². The van der Waals surface area contributed by atoms with Crippen LogP contribution >= 0.6 is 23.4 Å². The molecule has 172 valence electrons.